The van der Waals surface area contributed by atoms with E-state index in [1.807, 2.05) is 6.07 Å². The number of hydrogen-bond donors (Lipinski definition) is 0. The zero-order chi connectivity index (χ0) is 16.4. The van der Waals surface area contributed by atoms with Gasteiger partial charge in [-0.2, -0.15) is 0 Å². The molecular formula is C16H14FN3O2S. The number of imidazole rings is 1. The van der Waals surface area contributed by atoms with Crippen LogP contribution in [0.3, 0.4) is 0 Å². The molecule has 0 aliphatic heterocycles. The smallest absolute Gasteiger partial charge is 0.175 e. The largest absolute Gasteiger partial charge is 0.299 e. The summed E-state index contributed by atoms with van der Waals surface area (Å²) in [7, 11) is -3.26. The molecule has 0 aliphatic rings. The molecule has 5 nitrogen and oxygen atoms in total. The fraction of sp³-hybridized carbons (Fsp3) is 0.125. The molecule has 0 saturated carbocycles. The standard InChI is InChI=1S/C16H14FN3O2S/c1-23(21,22)15-6-4-14(5-7-15)20-11-13(9-17)19-16(20)12-3-2-8-18-10-12/h2-8,10-11H,9H2,1H3. The number of pyridine rings is 1. The van der Waals surface area contributed by atoms with Crippen molar-refractivity contribution in [3.8, 4) is 17.1 Å². The molecular weight excluding hydrogens is 317 g/mol. The van der Waals surface area contributed by atoms with Gasteiger partial charge >= 0.3 is 0 Å². The first-order valence-corrected chi connectivity index (χ1v) is 8.73. The van der Waals surface area contributed by atoms with Crippen molar-refractivity contribution in [1.82, 2.24) is 14.5 Å². The topological polar surface area (TPSA) is 64.8 Å². The minimum atomic E-state index is -3.26. The molecule has 0 N–H and O–H groups in total. The second-order valence-electron chi connectivity index (χ2n) is 5.07. The van der Waals surface area contributed by atoms with E-state index in [9.17, 15) is 12.8 Å². The van der Waals surface area contributed by atoms with E-state index in [1.165, 1.54) is 12.1 Å². The van der Waals surface area contributed by atoms with Gasteiger partial charge in [0.15, 0.2) is 9.84 Å². The quantitative estimate of drug-likeness (QED) is 0.737. The Bertz CT molecular complexity index is 920. The molecule has 3 aromatic rings. The van der Waals surface area contributed by atoms with Crippen LogP contribution >= 0.6 is 0 Å². The van der Waals surface area contributed by atoms with Gasteiger partial charge in [0.25, 0.3) is 0 Å². The summed E-state index contributed by atoms with van der Waals surface area (Å²) in [6.45, 7) is -0.679. The molecule has 2 heterocycles. The van der Waals surface area contributed by atoms with Gasteiger partial charge in [-0.05, 0) is 36.4 Å². The summed E-state index contributed by atoms with van der Waals surface area (Å²) in [5, 5.41) is 0. The second kappa shape index (κ2) is 5.92. The molecule has 3 rings (SSSR count). The second-order valence-corrected chi connectivity index (χ2v) is 7.08. The number of alkyl halides is 1. The summed E-state index contributed by atoms with van der Waals surface area (Å²) in [6, 6.07) is 9.98. The van der Waals surface area contributed by atoms with Gasteiger partial charge in [0.05, 0.1) is 10.6 Å². The molecule has 0 amide bonds. The van der Waals surface area contributed by atoms with Crippen LogP contribution in [0.4, 0.5) is 4.39 Å². The molecule has 1 aromatic carbocycles. The molecule has 0 spiro atoms. The normalized spacial score (nSPS) is 11.6. The van der Waals surface area contributed by atoms with E-state index in [0.717, 1.165) is 11.8 Å². The lowest BCUT2D eigenvalue weighted by atomic mass is 10.2. The molecule has 7 heteroatoms. The lowest BCUT2D eigenvalue weighted by Crippen LogP contribution is -1.99. The predicted octanol–water partition coefficient (Wildman–Crippen LogP) is 2.81. The summed E-state index contributed by atoms with van der Waals surface area (Å²) in [5.41, 5.74) is 1.75. The highest BCUT2D eigenvalue weighted by molar-refractivity contribution is 7.90. The van der Waals surface area contributed by atoms with E-state index in [2.05, 4.69) is 9.97 Å². The van der Waals surface area contributed by atoms with E-state index in [0.29, 0.717) is 17.2 Å². The Morgan fingerprint density at radius 1 is 1.17 bits per heavy atom. The van der Waals surface area contributed by atoms with Crippen LogP contribution in [0.1, 0.15) is 5.69 Å². The van der Waals surface area contributed by atoms with Crippen LogP contribution in [-0.4, -0.2) is 29.2 Å². The van der Waals surface area contributed by atoms with Crippen LogP contribution < -0.4 is 0 Å². The van der Waals surface area contributed by atoms with Crippen molar-refractivity contribution < 1.29 is 12.8 Å². The maximum atomic E-state index is 13.0. The molecule has 0 aliphatic carbocycles. The van der Waals surface area contributed by atoms with E-state index < -0.39 is 16.5 Å². The molecule has 23 heavy (non-hydrogen) atoms. The summed E-state index contributed by atoms with van der Waals surface area (Å²) < 4.78 is 37.8. The molecule has 0 atom stereocenters. The maximum Gasteiger partial charge on any atom is 0.175 e. The molecule has 0 unspecified atom stereocenters. The molecule has 0 saturated heterocycles. The number of rotatable bonds is 4. The summed E-state index contributed by atoms with van der Waals surface area (Å²) in [5.74, 6) is 0.554. The van der Waals surface area contributed by atoms with E-state index in [4.69, 9.17) is 0 Å². The van der Waals surface area contributed by atoms with Gasteiger partial charge in [0, 0.05) is 36.1 Å². The van der Waals surface area contributed by atoms with Gasteiger partial charge in [0.1, 0.15) is 12.5 Å². The van der Waals surface area contributed by atoms with Gasteiger partial charge in [-0.25, -0.2) is 17.8 Å². The first-order chi connectivity index (χ1) is 11.0. The number of nitrogens with zero attached hydrogens (tertiary/aromatic N) is 3. The average Bonchev–Trinajstić information content (AvgIpc) is 2.99. The number of aromatic nitrogens is 3. The first kappa shape index (κ1) is 15.4. The first-order valence-electron chi connectivity index (χ1n) is 6.84. The van der Waals surface area contributed by atoms with Gasteiger partial charge in [-0.1, -0.05) is 0 Å². The fourth-order valence-corrected chi connectivity index (χ4v) is 2.87. The highest BCUT2D eigenvalue weighted by Gasteiger charge is 2.13. The van der Waals surface area contributed by atoms with Gasteiger partial charge < -0.3 is 0 Å². The minimum absolute atomic E-state index is 0.231. The Balaban J connectivity index is 2.11. The lowest BCUT2D eigenvalue weighted by Gasteiger charge is -2.08. The van der Waals surface area contributed by atoms with Crippen LogP contribution in [0, 0.1) is 0 Å². The fourth-order valence-electron chi connectivity index (χ4n) is 2.24. The third-order valence-corrected chi connectivity index (χ3v) is 4.48. The van der Waals surface area contributed by atoms with E-state index >= 15 is 0 Å². The Morgan fingerprint density at radius 3 is 2.48 bits per heavy atom. The summed E-state index contributed by atoms with van der Waals surface area (Å²) in [4.78, 5) is 8.56. The molecule has 0 fully saturated rings. The van der Waals surface area contributed by atoms with Crippen LogP contribution in [0.15, 0.2) is 59.9 Å². The van der Waals surface area contributed by atoms with Crippen molar-refractivity contribution in [3.05, 3.63) is 60.7 Å². The monoisotopic (exact) mass is 331 g/mol. The highest BCUT2D eigenvalue weighted by Crippen LogP contribution is 2.23. The maximum absolute atomic E-state index is 13.0. The van der Waals surface area contributed by atoms with Crippen molar-refractivity contribution in [2.24, 2.45) is 0 Å². The van der Waals surface area contributed by atoms with Crippen molar-refractivity contribution in [3.63, 3.8) is 0 Å². The average molecular weight is 331 g/mol. The third-order valence-electron chi connectivity index (χ3n) is 3.36. The van der Waals surface area contributed by atoms with Gasteiger partial charge in [-0.15, -0.1) is 0 Å². The van der Waals surface area contributed by atoms with E-state index in [-0.39, 0.29) is 4.90 Å². The predicted molar refractivity (Wildman–Crippen MR) is 84.7 cm³/mol. The van der Waals surface area contributed by atoms with Crippen LogP contribution in [0.2, 0.25) is 0 Å². The third kappa shape index (κ3) is 3.14. The van der Waals surface area contributed by atoms with Crippen molar-refractivity contribution in [2.75, 3.05) is 6.26 Å². The number of hydrogen-bond acceptors (Lipinski definition) is 4. The molecule has 0 bridgehead atoms. The lowest BCUT2D eigenvalue weighted by molar-refractivity contribution is 0.477. The Hall–Kier alpha value is -2.54. The van der Waals surface area contributed by atoms with Crippen molar-refractivity contribution >= 4 is 9.84 Å². The zero-order valence-corrected chi connectivity index (χ0v) is 13.2. The number of benzene rings is 1. The number of halogens is 1. The minimum Gasteiger partial charge on any atom is -0.299 e. The summed E-state index contributed by atoms with van der Waals surface area (Å²) >= 11 is 0. The SMILES string of the molecule is CS(=O)(=O)c1ccc(-n2cc(CF)nc2-c2cccnc2)cc1. The van der Waals surface area contributed by atoms with Crippen LogP contribution in [0.5, 0.6) is 0 Å². The van der Waals surface area contributed by atoms with Crippen LogP contribution in [-0.2, 0) is 16.5 Å². The summed E-state index contributed by atoms with van der Waals surface area (Å²) in [6.07, 6.45) is 6.04. The molecule has 2 aromatic heterocycles. The van der Waals surface area contributed by atoms with Crippen molar-refractivity contribution in [1.29, 1.82) is 0 Å². The Kier molecular flexibility index (Phi) is 3.96. The molecule has 0 radical (unpaired) electrons. The Labute approximate surface area is 133 Å². The molecule has 118 valence electrons. The van der Waals surface area contributed by atoms with Gasteiger partial charge in [-0.3, -0.25) is 9.55 Å². The zero-order valence-electron chi connectivity index (χ0n) is 12.3. The number of sulfone groups is 1. The van der Waals surface area contributed by atoms with E-state index in [1.54, 1.807) is 41.4 Å². The Morgan fingerprint density at radius 2 is 1.91 bits per heavy atom. The van der Waals surface area contributed by atoms with Crippen LogP contribution in [0.25, 0.3) is 17.1 Å². The van der Waals surface area contributed by atoms with Gasteiger partial charge in [0.2, 0.25) is 0 Å². The van der Waals surface area contributed by atoms with Crippen molar-refractivity contribution in [2.45, 2.75) is 11.6 Å². The highest BCUT2D eigenvalue weighted by atomic mass is 32.2.